The van der Waals surface area contributed by atoms with Crippen LogP contribution in [-0.2, 0) is 14.3 Å². The second-order valence-corrected chi connectivity index (χ2v) is 8.26. The third-order valence-corrected chi connectivity index (χ3v) is 5.86. The van der Waals surface area contributed by atoms with E-state index in [1.807, 2.05) is 30.9 Å². The molecule has 0 aliphatic carbocycles. The average Bonchev–Trinajstić information content (AvgIpc) is 3.02. The van der Waals surface area contributed by atoms with Crippen LogP contribution in [-0.4, -0.2) is 56.2 Å². The fourth-order valence-electron chi connectivity index (χ4n) is 4.29. The number of benzene rings is 2. The molecule has 0 spiro atoms. The van der Waals surface area contributed by atoms with Crippen molar-refractivity contribution in [2.75, 3.05) is 32.2 Å². The van der Waals surface area contributed by atoms with Crippen molar-refractivity contribution in [2.45, 2.75) is 26.1 Å². The summed E-state index contributed by atoms with van der Waals surface area (Å²) in [5.74, 6) is 0.148. The molecule has 2 aromatic rings. The Hall–Kier alpha value is -3.03. The molecule has 2 amide bonds. The van der Waals surface area contributed by atoms with Crippen molar-refractivity contribution in [3.63, 3.8) is 0 Å². The molecule has 8 heteroatoms. The molecule has 1 fully saturated rings. The van der Waals surface area contributed by atoms with Gasteiger partial charge in [-0.25, -0.2) is 4.90 Å². The summed E-state index contributed by atoms with van der Waals surface area (Å²) >= 11 is 6.29. The summed E-state index contributed by atoms with van der Waals surface area (Å²) < 4.78 is 16.6. The minimum Gasteiger partial charge on any atom is -0.496 e. The number of amides is 2. The zero-order chi connectivity index (χ0) is 23.0. The van der Waals surface area contributed by atoms with Crippen molar-refractivity contribution >= 4 is 34.7 Å². The second-order valence-electron chi connectivity index (χ2n) is 7.85. The smallest absolute Gasteiger partial charge is 0.282 e. The highest BCUT2D eigenvalue weighted by molar-refractivity contribution is 6.46. The van der Waals surface area contributed by atoms with Gasteiger partial charge in [0.25, 0.3) is 11.8 Å². The zero-order valence-corrected chi connectivity index (χ0v) is 19.2. The van der Waals surface area contributed by atoms with Gasteiger partial charge in [-0.3, -0.25) is 9.59 Å². The van der Waals surface area contributed by atoms with Crippen LogP contribution in [0.2, 0.25) is 5.02 Å². The highest BCUT2D eigenvalue weighted by Gasteiger charge is 2.44. The number of rotatable bonds is 5. The van der Waals surface area contributed by atoms with Gasteiger partial charge in [-0.2, -0.15) is 0 Å². The number of hydrogen-bond acceptors (Lipinski definition) is 6. The van der Waals surface area contributed by atoms with E-state index in [9.17, 15) is 9.59 Å². The molecule has 0 radical (unpaired) electrons. The summed E-state index contributed by atoms with van der Waals surface area (Å²) in [4.78, 5) is 30.6. The number of halogens is 1. The monoisotopic (exact) mass is 456 g/mol. The van der Waals surface area contributed by atoms with Crippen LogP contribution >= 0.6 is 11.6 Å². The van der Waals surface area contributed by atoms with E-state index in [1.165, 1.54) is 7.11 Å². The van der Waals surface area contributed by atoms with Crippen LogP contribution in [0.4, 0.5) is 5.69 Å². The lowest BCUT2D eigenvalue weighted by atomic mass is 10.0. The maximum Gasteiger partial charge on any atom is 0.282 e. The average molecular weight is 457 g/mol. The van der Waals surface area contributed by atoms with E-state index in [0.29, 0.717) is 52.1 Å². The van der Waals surface area contributed by atoms with Crippen LogP contribution in [0.3, 0.4) is 0 Å². The van der Waals surface area contributed by atoms with Crippen molar-refractivity contribution in [2.24, 2.45) is 0 Å². The molecular formula is C24H25ClN2O5. The first kappa shape index (κ1) is 22.2. The Morgan fingerprint density at radius 3 is 2.22 bits per heavy atom. The SMILES string of the molecule is COc1ccc(N2C(=O)C(c3ccccc3OC)=C(N3CC(C)OC(C)C3)C2=O)cc1Cl. The van der Waals surface area contributed by atoms with Gasteiger partial charge in [0.2, 0.25) is 0 Å². The normalized spacial score (nSPS) is 21.4. The highest BCUT2D eigenvalue weighted by atomic mass is 35.5. The first-order valence-electron chi connectivity index (χ1n) is 10.4. The number of hydrogen-bond donors (Lipinski definition) is 0. The van der Waals surface area contributed by atoms with Crippen LogP contribution in [0.1, 0.15) is 19.4 Å². The molecule has 0 saturated carbocycles. The van der Waals surface area contributed by atoms with Gasteiger partial charge in [0.15, 0.2) is 0 Å². The summed E-state index contributed by atoms with van der Waals surface area (Å²) in [6.45, 7) is 4.89. The van der Waals surface area contributed by atoms with Crippen LogP contribution < -0.4 is 14.4 Å². The molecule has 1 saturated heterocycles. The van der Waals surface area contributed by atoms with Crippen LogP contribution in [0.5, 0.6) is 11.5 Å². The Kier molecular flexibility index (Phi) is 6.13. The summed E-state index contributed by atoms with van der Waals surface area (Å²) in [7, 11) is 3.05. The van der Waals surface area contributed by atoms with Crippen LogP contribution in [0.25, 0.3) is 5.57 Å². The lowest BCUT2D eigenvalue weighted by molar-refractivity contribution is -0.121. The predicted octanol–water partition coefficient (Wildman–Crippen LogP) is 3.75. The van der Waals surface area contributed by atoms with Crippen LogP contribution in [0.15, 0.2) is 48.2 Å². The van der Waals surface area contributed by atoms with E-state index < -0.39 is 11.8 Å². The first-order valence-corrected chi connectivity index (χ1v) is 10.7. The quantitative estimate of drug-likeness (QED) is 0.638. The summed E-state index contributed by atoms with van der Waals surface area (Å²) in [6.07, 6.45) is -0.171. The lowest BCUT2D eigenvalue weighted by Crippen LogP contribution is -2.47. The van der Waals surface area contributed by atoms with E-state index in [-0.39, 0.29) is 12.2 Å². The van der Waals surface area contributed by atoms with Gasteiger partial charge in [0.1, 0.15) is 17.2 Å². The largest absolute Gasteiger partial charge is 0.496 e. The van der Waals surface area contributed by atoms with Crippen molar-refractivity contribution in [3.05, 3.63) is 58.7 Å². The second kappa shape index (κ2) is 8.84. The van der Waals surface area contributed by atoms with E-state index in [2.05, 4.69) is 0 Å². The number of ether oxygens (including phenoxy) is 3. The van der Waals surface area contributed by atoms with Crippen molar-refractivity contribution in [1.82, 2.24) is 4.90 Å². The minimum atomic E-state index is -0.428. The Morgan fingerprint density at radius 1 is 0.938 bits per heavy atom. The minimum absolute atomic E-state index is 0.0856. The third-order valence-electron chi connectivity index (χ3n) is 5.57. The standard InChI is InChI=1S/C24H25ClN2O5/c1-14-12-26(13-15(2)32-14)22-21(17-7-5-6-8-19(17)30-3)23(28)27(24(22)29)16-9-10-20(31-4)18(25)11-16/h5-11,14-15H,12-13H2,1-4H3. The fourth-order valence-corrected chi connectivity index (χ4v) is 4.55. The number of para-hydroxylation sites is 1. The number of imide groups is 1. The van der Waals surface area contributed by atoms with Gasteiger partial charge in [0.05, 0.1) is 42.7 Å². The number of nitrogens with zero attached hydrogens (tertiary/aromatic N) is 2. The summed E-state index contributed by atoms with van der Waals surface area (Å²) in [5.41, 5.74) is 1.59. The van der Waals surface area contributed by atoms with E-state index in [0.717, 1.165) is 4.90 Å². The summed E-state index contributed by atoms with van der Waals surface area (Å²) in [5, 5.41) is 0.312. The maximum absolute atomic E-state index is 13.7. The number of carbonyl (C=O) groups excluding carboxylic acids is 2. The Bertz CT molecular complexity index is 1090. The number of methoxy groups -OCH3 is 2. The van der Waals surface area contributed by atoms with Gasteiger partial charge in [0, 0.05) is 18.7 Å². The van der Waals surface area contributed by atoms with Gasteiger partial charge in [-0.15, -0.1) is 0 Å². The molecule has 32 heavy (non-hydrogen) atoms. The molecule has 2 atom stereocenters. The van der Waals surface area contributed by atoms with Crippen molar-refractivity contribution < 1.29 is 23.8 Å². The molecule has 0 aromatic heterocycles. The molecule has 2 heterocycles. The van der Waals surface area contributed by atoms with Gasteiger partial charge >= 0.3 is 0 Å². The van der Waals surface area contributed by atoms with E-state index in [4.69, 9.17) is 25.8 Å². The third kappa shape index (κ3) is 3.82. The molecule has 168 valence electrons. The maximum atomic E-state index is 13.7. The zero-order valence-electron chi connectivity index (χ0n) is 18.4. The number of carbonyl (C=O) groups is 2. The van der Waals surface area contributed by atoms with Crippen molar-refractivity contribution in [3.8, 4) is 11.5 Å². The van der Waals surface area contributed by atoms with E-state index >= 15 is 0 Å². The van der Waals surface area contributed by atoms with Gasteiger partial charge < -0.3 is 19.1 Å². The first-order chi connectivity index (χ1) is 15.3. The topological polar surface area (TPSA) is 68.3 Å². The van der Waals surface area contributed by atoms with E-state index in [1.54, 1.807) is 37.4 Å². The Morgan fingerprint density at radius 2 is 1.59 bits per heavy atom. The predicted molar refractivity (Wildman–Crippen MR) is 122 cm³/mol. The molecule has 2 aromatic carbocycles. The molecule has 2 aliphatic heterocycles. The molecule has 7 nitrogen and oxygen atoms in total. The lowest BCUT2D eigenvalue weighted by Gasteiger charge is -2.37. The Labute approximate surface area is 192 Å². The van der Waals surface area contributed by atoms with Crippen molar-refractivity contribution in [1.29, 1.82) is 0 Å². The Balaban J connectivity index is 1.86. The van der Waals surface area contributed by atoms with Crippen LogP contribution in [0, 0.1) is 0 Å². The number of morpholine rings is 1. The number of anilines is 1. The molecule has 4 rings (SSSR count). The van der Waals surface area contributed by atoms with Gasteiger partial charge in [-0.1, -0.05) is 29.8 Å². The fraction of sp³-hybridized carbons (Fsp3) is 0.333. The van der Waals surface area contributed by atoms with Gasteiger partial charge in [-0.05, 0) is 38.1 Å². The highest BCUT2D eigenvalue weighted by Crippen LogP contribution is 2.40. The molecule has 2 unspecified atom stereocenters. The summed E-state index contributed by atoms with van der Waals surface area (Å²) in [6, 6.07) is 12.0. The molecule has 0 bridgehead atoms. The molecule has 0 N–H and O–H groups in total. The molecule has 2 aliphatic rings. The molecular weight excluding hydrogens is 432 g/mol.